The molecule has 0 radical (unpaired) electrons. The van der Waals surface area contributed by atoms with Crippen LogP contribution in [0.5, 0.6) is 0 Å². The number of fused-ring (bicyclic) bond motifs is 1. The van der Waals surface area contributed by atoms with E-state index in [1.54, 1.807) is 0 Å². The molecule has 144 valence electrons. The van der Waals surface area contributed by atoms with Gasteiger partial charge >= 0.3 is 0 Å². The number of hydrogen-bond donors (Lipinski definition) is 0. The number of furan rings is 1. The Morgan fingerprint density at radius 2 is 1.61 bits per heavy atom. The number of benzene rings is 2. The molecule has 0 amide bonds. The van der Waals surface area contributed by atoms with Crippen molar-refractivity contribution in [2.75, 3.05) is 0 Å². The third kappa shape index (κ3) is 3.39. The van der Waals surface area contributed by atoms with Crippen LogP contribution in [0.2, 0.25) is 29.7 Å². The molecule has 1 nitrogen and oxygen atoms in total. The Balaban J connectivity index is 1.87. The molecular weight excluding hydrogens is 403 g/mol. The second-order valence-electron chi connectivity index (χ2n) is 8.65. The van der Waals surface area contributed by atoms with Crippen LogP contribution in [-0.4, -0.2) is 8.07 Å². The lowest BCUT2D eigenvalue weighted by molar-refractivity contribution is 0.521. The van der Waals surface area contributed by atoms with Crippen LogP contribution in [0.3, 0.4) is 0 Å². The molecule has 1 heterocycles. The topological polar surface area (TPSA) is 13.1 Å². The van der Waals surface area contributed by atoms with Gasteiger partial charge in [-0.25, -0.2) is 0 Å². The standard InChI is InChI=1S/C24H24Cl2OSi/c1-14-6-8-16-10-17(22-9-7-15(2)27-22)11-19(16)23(14)18-12-20(25)24(21(26)13-18)28(3,4)5/h6-9,11-13H,10H2,1-5H3. The lowest BCUT2D eigenvalue weighted by atomic mass is 9.93. The van der Waals surface area contributed by atoms with Crippen molar-refractivity contribution in [2.24, 2.45) is 0 Å². The summed E-state index contributed by atoms with van der Waals surface area (Å²) in [4.78, 5) is 0. The molecule has 3 aromatic rings. The Morgan fingerprint density at radius 3 is 2.18 bits per heavy atom. The summed E-state index contributed by atoms with van der Waals surface area (Å²) in [5, 5.41) is 2.69. The van der Waals surface area contributed by atoms with Gasteiger partial charge in [0.25, 0.3) is 0 Å². The average molecular weight is 427 g/mol. The van der Waals surface area contributed by atoms with E-state index in [4.69, 9.17) is 27.6 Å². The van der Waals surface area contributed by atoms with E-state index >= 15 is 0 Å². The fraction of sp³-hybridized carbons (Fsp3) is 0.250. The molecule has 1 aliphatic rings. The van der Waals surface area contributed by atoms with Crippen molar-refractivity contribution in [3.8, 4) is 11.1 Å². The highest BCUT2D eigenvalue weighted by atomic mass is 35.5. The number of halogens is 2. The van der Waals surface area contributed by atoms with Crippen molar-refractivity contribution in [1.29, 1.82) is 0 Å². The molecule has 0 spiro atoms. The fourth-order valence-electron chi connectivity index (χ4n) is 4.10. The van der Waals surface area contributed by atoms with E-state index in [1.807, 2.05) is 13.0 Å². The highest BCUT2D eigenvalue weighted by molar-refractivity contribution is 6.91. The largest absolute Gasteiger partial charge is 0.462 e. The zero-order chi connectivity index (χ0) is 20.2. The highest BCUT2D eigenvalue weighted by Gasteiger charge is 2.26. The Labute approximate surface area is 178 Å². The molecule has 0 bridgehead atoms. The molecule has 28 heavy (non-hydrogen) atoms. The molecule has 0 atom stereocenters. The molecule has 0 N–H and O–H groups in total. The van der Waals surface area contributed by atoms with Gasteiger partial charge in [-0.3, -0.25) is 0 Å². The molecule has 0 saturated heterocycles. The second kappa shape index (κ2) is 6.95. The molecule has 2 aromatic carbocycles. The van der Waals surface area contributed by atoms with Gasteiger partial charge < -0.3 is 4.42 Å². The quantitative estimate of drug-likeness (QED) is 0.394. The van der Waals surface area contributed by atoms with E-state index < -0.39 is 8.07 Å². The van der Waals surface area contributed by atoms with E-state index in [0.717, 1.165) is 38.7 Å². The summed E-state index contributed by atoms with van der Waals surface area (Å²) < 4.78 is 5.86. The first-order chi connectivity index (χ1) is 13.1. The van der Waals surface area contributed by atoms with Gasteiger partial charge in [0, 0.05) is 16.5 Å². The zero-order valence-corrected chi connectivity index (χ0v) is 19.4. The monoisotopic (exact) mass is 426 g/mol. The number of hydrogen-bond acceptors (Lipinski definition) is 1. The zero-order valence-electron chi connectivity index (χ0n) is 16.9. The van der Waals surface area contributed by atoms with Crippen LogP contribution in [-0.2, 0) is 6.42 Å². The fourth-order valence-corrected chi connectivity index (χ4v) is 7.87. The molecule has 0 unspecified atom stereocenters. The van der Waals surface area contributed by atoms with Crippen LogP contribution in [0.15, 0.2) is 40.8 Å². The first-order valence-electron chi connectivity index (χ1n) is 9.55. The molecule has 0 fully saturated rings. The van der Waals surface area contributed by atoms with Gasteiger partial charge in [0.15, 0.2) is 0 Å². The maximum atomic E-state index is 6.72. The predicted molar refractivity (Wildman–Crippen MR) is 125 cm³/mol. The van der Waals surface area contributed by atoms with Crippen LogP contribution in [0.4, 0.5) is 0 Å². The van der Waals surface area contributed by atoms with Crippen LogP contribution in [0.25, 0.3) is 22.8 Å². The van der Waals surface area contributed by atoms with E-state index in [-0.39, 0.29) is 0 Å². The molecule has 1 aliphatic carbocycles. The lowest BCUT2D eigenvalue weighted by Crippen LogP contribution is -2.39. The minimum atomic E-state index is -1.62. The summed E-state index contributed by atoms with van der Waals surface area (Å²) in [7, 11) is -1.62. The number of allylic oxidation sites excluding steroid dienone is 1. The smallest absolute Gasteiger partial charge is 0.130 e. The van der Waals surface area contributed by atoms with Crippen LogP contribution in [0.1, 0.15) is 28.2 Å². The normalized spacial score (nSPS) is 13.6. The Morgan fingerprint density at radius 1 is 0.929 bits per heavy atom. The van der Waals surface area contributed by atoms with E-state index in [2.05, 4.69) is 63.0 Å². The second-order valence-corrected chi connectivity index (χ2v) is 14.5. The Hall–Kier alpha value is -1.74. The van der Waals surface area contributed by atoms with Crippen LogP contribution >= 0.6 is 23.2 Å². The van der Waals surface area contributed by atoms with Gasteiger partial charge in [0.05, 0.1) is 8.07 Å². The van der Waals surface area contributed by atoms with Gasteiger partial charge in [-0.1, -0.05) is 55.0 Å². The minimum Gasteiger partial charge on any atom is -0.462 e. The summed E-state index contributed by atoms with van der Waals surface area (Å²) in [5.74, 6) is 1.88. The third-order valence-electron chi connectivity index (χ3n) is 5.38. The summed E-state index contributed by atoms with van der Waals surface area (Å²) in [5.41, 5.74) is 7.29. The van der Waals surface area contributed by atoms with Crippen LogP contribution in [0, 0.1) is 13.8 Å². The summed E-state index contributed by atoms with van der Waals surface area (Å²) in [6, 6.07) is 12.6. The molecule has 0 aliphatic heterocycles. The Kier molecular flexibility index (Phi) is 4.85. The van der Waals surface area contributed by atoms with E-state index in [0.29, 0.717) is 0 Å². The van der Waals surface area contributed by atoms with Gasteiger partial charge in [-0.05, 0) is 82.8 Å². The van der Waals surface area contributed by atoms with Crippen molar-refractivity contribution in [3.05, 3.63) is 74.7 Å². The Bertz CT molecular complexity index is 1090. The molecular formula is C24H24Cl2OSi. The minimum absolute atomic E-state index is 0.780. The highest BCUT2D eigenvalue weighted by Crippen LogP contribution is 2.41. The molecule has 4 rings (SSSR count). The molecule has 4 heteroatoms. The number of rotatable bonds is 3. The van der Waals surface area contributed by atoms with Crippen molar-refractivity contribution < 1.29 is 4.42 Å². The predicted octanol–water partition coefficient (Wildman–Crippen LogP) is 7.51. The van der Waals surface area contributed by atoms with Gasteiger partial charge in [0.1, 0.15) is 11.5 Å². The molecule has 0 saturated carbocycles. The van der Waals surface area contributed by atoms with Gasteiger partial charge in [-0.15, -0.1) is 0 Å². The maximum absolute atomic E-state index is 6.72. The van der Waals surface area contributed by atoms with Crippen molar-refractivity contribution in [1.82, 2.24) is 0 Å². The van der Waals surface area contributed by atoms with Gasteiger partial charge in [-0.2, -0.15) is 0 Å². The van der Waals surface area contributed by atoms with Crippen molar-refractivity contribution in [3.63, 3.8) is 0 Å². The maximum Gasteiger partial charge on any atom is 0.130 e. The number of aryl methyl sites for hydroxylation is 2. The summed E-state index contributed by atoms with van der Waals surface area (Å²) in [6.07, 6.45) is 3.13. The third-order valence-corrected chi connectivity index (χ3v) is 8.33. The van der Waals surface area contributed by atoms with E-state index in [1.165, 1.54) is 27.8 Å². The lowest BCUT2D eigenvalue weighted by Gasteiger charge is -2.22. The van der Waals surface area contributed by atoms with Crippen LogP contribution < -0.4 is 5.19 Å². The van der Waals surface area contributed by atoms with E-state index in [9.17, 15) is 0 Å². The van der Waals surface area contributed by atoms with Gasteiger partial charge in [0.2, 0.25) is 0 Å². The summed E-state index contributed by atoms with van der Waals surface area (Å²) >= 11 is 13.4. The average Bonchev–Trinajstić information content (AvgIpc) is 3.18. The SMILES string of the molecule is Cc1ccc(C2=Cc3c(ccc(C)c3-c3cc(Cl)c([Si](C)(C)C)c(Cl)c3)C2)o1. The first kappa shape index (κ1) is 19.6. The summed E-state index contributed by atoms with van der Waals surface area (Å²) in [6.45, 7) is 10.9. The van der Waals surface area contributed by atoms with Crippen molar-refractivity contribution in [2.45, 2.75) is 39.9 Å². The first-order valence-corrected chi connectivity index (χ1v) is 13.8. The molecule has 1 aromatic heterocycles. The van der Waals surface area contributed by atoms with Crippen molar-refractivity contribution >= 4 is 48.1 Å².